The van der Waals surface area contributed by atoms with Crippen molar-refractivity contribution in [2.24, 2.45) is 5.73 Å². The van der Waals surface area contributed by atoms with E-state index < -0.39 is 0 Å². The number of amides is 1. The Kier molecular flexibility index (Phi) is 3.58. The van der Waals surface area contributed by atoms with E-state index in [-0.39, 0.29) is 24.7 Å². The molecular weight excluding hydrogens is 224 g/mol. The van der Waals surface area contributed by atoms with Gasteiger partial charge in [0.1, 0.15) is 6.10 Å². The normalized spacial score (nSPS) is 25.8. The van der Waals surface area contributed by atoms with Gasteiger partial charge in [-0.05, 0) is 29.3 Å². The standard InChI is InChI=1S/C11H16N2O2S/c1-8-5-13(11(14)4-12)6-10(15-8)9-2-3-16-7-9/h2-3,7-8,10H,4-6,12H2,1H3. The molecule has 2 rings (SSSR count). The molecule has 4 nitrogen and oxygen atoms in total. The Morgan fingerprint density at radius 3 is 3.12 bits per heavy atom. The van der Waals surface area contributed by atoms with Crippen molar-refractivity contribution in [3.8, 4) is 0 Å². The molecule has 0 aromatic carbocycles. The number of thiophene rings is 1. The lowest BCUT2D eigenvalue weighted by atomic mass is 10.1. The van der Waals surface area contributed by atoms with Crippen LogP contribution in [0.4, 0.5) is 0 Å². The summed E-state index contributed by atoms with van der Waals surface area (Å²) < 4.78 is 5.83. The lowest BCUT2D eigenvalue weighted by molar-refractivity contribution is -0.143. The Hall–Kier alpha value is -0.910. The molecule has 1 amide bonds. The van der Waals surface area contributed by atoms with Crippen LogP contribution >= 0.6 is 11.3 Å². The third-order valence-corrected chi connectivity index (χ3v) is 3.40. The summed E-state index contributed by atoms with van der Waals surface area (Å²) in [5, 5.41) is 4.08. The molecule has 0 saturated carbocycles. The number of carbonyl (C=O) groups excluding carboxylic acids is 1. The molecule has 1 aromatic rings. The van der Waals surface area contributed by atoms with Crippen molar-refractivity contribution >= 4 is 17.2 Å². The minimum Gasteiger partial charge on any atom is -0.367 e. The van der Waals surface area contributed by atoms with Crippen LogP contribution in [-0.2, 0) is 9.53 Å². The highest BCUT2D eigenvalue weighted by molar-refractivity contribution is 7.07. The highest BCUT2D eigenvalue weighted by Crippen LogP contribution is 2.26. The number of nitrogens with zero attached hydrogens (tertiary/aromatic N) is 1. The molecule has 1 aromatic heterocycles. The lowest BCUT2D eigenvalue weighted by Crippen LogP contribution is -2.47. The number of ether oxygens (including phenoxy) is 1. The van der Waals surface area contributed by atoms with Gasteiger partial charge in [0.05, 0.1) is 19.2 Å². The number of morpholine rings is 1. The molecule has 5 heteroatoms. The van der Waals surface area contributed by atoms with Gasteiger partial charge in [0.2, 0.25) is 5.91 Å². The van der Waals surface area contributed by atoms with Crippen molar-refractivity contribution < 1.29 is 9.53 Å². The van der Waals surface area contributed by atoms with E-state index in [0.29, 0.717) is 13.1 Å². The van der Waals surface area contributed by atoms with Gasteiger partial charge in [0.15, 0.2) is 0 Å². The van der Waals surface area contributed by atoms with E-state index in [2.05, 4.69) is 5.38 Å². The highest BCUT2D eigenvalue weighted by Gasteiger charge is 2.28. The van der Waals surface area contributed by atoms with Gasteiger partial charge < -0.3 is 15.4 Å². The number of hydrogen-bond acceptors (Lipinski definition) is 4. The van der Waals surface area contributed by atoms with Gasteiger partial charge in [0, 0.05) is 6.54 Å². The molecule has 1 fully saturated rings. The Labute approximate surface area is 99.0 Å². The van der Waals surface area contributed by atoms with E-state index in [1.165, 1.54) is 0 Å². The van der Waals surface area contributed by atoms with Crippen LogP contribution in [0.5, 0.6) is 0 Å². The van der Waals surface area contributed by atoms with Crippen LogP contribution in [-0.4, -0.2) is 36.5 Å². The van der Waals surface area contributed by atoms with Crippen molar-refractivity contribution in [2.45, 2.75) is 19.1 Å². The summed E-state index contributed by atoms with van der Waals surface area (Å²) in [7, 11) is 0. The van der Waals surface area contributed by atoms with E-state index in [4.69, 9.17) is 10.5 Å². The smallest absolute Gasteiger partial charge is 0.236 e. The van der Waals surface area contributed by atoms with Gasteiger partial charge in [-0.3, -0.25) is 4.79 Å². The maximum atomic E-state index is 11.6. The fraction of sp³-hybridized carbons (Fsp3) is 0.545. The van der Waals surface area contributed by atoms with Crippen molar-refractivity contribution in [1.82, 2.24) is 4.90 Å². The summed E-state index contributed by atoms with van der Waals surface area (Å²) in [5.41, 5.74) is 6.53. The fourth-order valence-corrected chi connectivity index (χ4v) is 2.63. The zero-order valence-corrected chi connectivity index (χ0v) is 10.1. The molecule has 2 unspecified atom stereocenters. The molecule has 2 N–H and O–H groups in total. The van der Waals surface area contributed by atoms with Gasteiger partial charge >= 0.3 is 0 Å². The van der Waals surface area contributed by atoms with Crippen molar-refractivity contribution in [2.75, 3.05) is 19.6 Å². The predicted octanol–water partition coefficient (Wildman–Crippen LogP) is 0.995. The van der Waals surface area contributed by atoms with Crippen LogP contribution in [0.3, 0.4) is 0 Å². The molecule has 1 aliphatic heterocycles. The first-order valence-corrected chi connectivity index (χ1v) is 6.30. The average molecular weight is 240 g/mol. The van der Waals surface area contributed by atoms with E-state index in [1.807, 2.05) is 18.4 Å². The molecular formula is C11H16N2O2S. The number of rotatable bonds is 2. The molecule has 88 valence electrons. The minimum absolute atomic E-state index is 0.00428. The minimum atomic E-state index is -0.00880. The molecule has 0 spiro atoms. The predicted molar refractivity (Wildman–Crippen MR) is 63.2 cm³/mol. The Bertz CT molecular complexity index is 353. The summed E-state index contributed by atoms with van der Waals surface area (Å²) in [5.74, 6) is -0.00428. The molecule has 0 aliphatic carbocycles. The van der Waals surface area contributed by atoms with E-state index in [1.54, 1.807) is 16.2 Å². The van der Waals surface area contributed by atoms with Crippen molar-refractivity contribution in [3.63, 3.8) is 0 Å². The molecule has 1 aliphatic rings. The summed E-state index contributed by atoms with van der Waals surface area (Å²) in [4.78, 5) is 13.4. The summed E-state index contributed by atoms with van der Waals surface area (Å²) in [6, 6.07) is 2.04. The SMILES string of the molecule is CC1CN(C(=O)CN)CC(c2ccsc2)O1. The second-order valence-corrected chi connectivity index (χ2v) is 4.77. The molecule has 16 heavy (non-hydrogen) atoms. The monoisotopic (exact) mass is 240 g/mol. The zero-order valence-electron chi connectivity index (χ0n) is 9.26. The third kappa shape index (κ3) is 2.42. The van der Waals surface area contributed by atoms with E-state index in [0.717, 1.165) is 5.56 Å². The number of hydrogen-bond donors (Lipinski definition) is 1. The largest absolute Gasteiger partial charge is 0.367 e. The van der Waals surface area contributed by atoms with Gasteiger partial charge in [0.25, 0.3) is 0 Å². The van der Waals surface area contributed by atoms with Crippen LogP contribution in [0.25, 0.3) is 0 Å². The first-order valence-electron chi connectivity index (χ1n) is 5.36. The molecule has 0 bridgehead atoms. The summed E-state index contributed by atoms with van der Waals surface area (Å²) in [6.45, 7) is 3.30. The molecule has 2 heterocycles. The summed E-state index contributed by atoms with van der Waals surface area (Å²) >= 11 is 1.64. The van der Waals surface area contributed by atoms with Gasteiger partial charge in [-0.15, -0.1) is 0 Å². The Morgan fingerprint density at radius 1 is 1.69 bits per heavy atom. The van der Waals surface area contributed by atoms with Crippen molar-refractivity contribution in [1.29, 1.82) is 0 Å². The second kappa shape index (κ2) is 4.95. The number of carbonyl (C=O) groups is 1. The van der Waals surface area contributed by atoms with Gasteiger partial charge in [-0.1, -0.05) is 0 Å². The van der Waals surface area contributed by atoms with E-state index in [9.17, 15) is 4.79 Å². The van der Waals surface area contributed by atoms with Crippen LogP contribution in [0.15, 0.2) is 16.8 Å². The molecule has 0 radical (unpaired) electrons. The van der Waals surface area contributed by atoms with Crippen molar-refractivity contribution in [3.05, 3.63) is 22.4 Å². The zero-order chi connectivity index (χ0) is 11.5. The Morgan fingerprint density at radius 2 is 2.50 bits per heavy atom. The van der Waals surface area contributed by atoms with Gasteiger partial charge in [-0.25, -0.2) is 0 Å². The fourth-order valence-electron chi connectivity index (χ4n) is 1.93. The topological polar surface area (TPSA) is 55.6 Å². The highest BCUT2D eigenvalue weighted by atomic mass is 32.1. The second-order valence-electron chi connectivity index (χ2n) is 3.99. The third-order valence-electron chi connectivity index (χ3n) is 2.70. The van der Waals surface area contributed by atoms with E-state index >= 15 is 0 Å². The Balaban J connectivity index is 2.08. The van der Waals surface area contributed by atoms with Gasteiger partial charge in [-0.2, -0.15) is 11.3 Å². The van der Waals surface area contributed by atoms with Crippen LogP contribution in [0.2, 0.25) is 0 Å². The maximum Gasteiger partial charge on any atom is 0.236 e. The first-order chi connectivity index (χ1) is 7.70. The van der Waals surface area contributed by atoms with Crippen LogP contribution < -0.4 is 5.73 Å². The maximum absolute atomic E-state index is 11.6. The molecule has 2 atom stereocenters. The summed E-state index contributed by atoms with van der Waals surface area (Å²) in [6.07, 6.45) is 0.0552. The molecule has 1 saturated heterocycles. The van der Waals surface area contributed by atoms with Crippen LogP contribution in [0, 0.1) is 0 Å². The number of nitrogens with two attached hydrogens (primary N) is 1. The van der Waals surface area contributed by atoms with Crippen LogP contribution in [0.1, 0.15) is 18.6 Å². The lowest BCUT2D eigenvalue weighted by Gasteiger charge is -2.36. The quantitative estimate of drug-likeness (QED) is 0.839. The average Bonchev–Trinajstić information content (AvgIpc) is 2.80. The first kappa shape index (κ1) is 11.6.